The Bertz CT molecular complexity index is 235. The van der Waals surface area contributed by atoms with E-state index >= 15 is 0 Å². The maximum absolute atomic E-state index is 10.6. The summed E-state index contributed by atoms with van der Waals surface area (Å²) >= 11 is 0. The highest BCUT2D eigenvalue weighted by molar-refractivity contribution is 5.55. The Morgan fingerprint density at radius 1 is 0.737 bits per heavy atom. The van der Waals surface area contributed by atoms with Crippen molar-refractivity contribution >= 4 is 25.1 Å². The van der Waals surface area contributed by atoms with Crippen LogP contribution in [-0.2, 0) is 19.2 Å². The first kappa shape index (κ1) is 17.6. The highest BCUT2D eigenvalue weighted by atomic mass is 16.1. The fourth-order valence-electron chi connectivity index (χ4n) is 2.10. The van der Waals surface area contributed by atoms with E-state index in [0.29, 0.717) is 38.8 Å². The zero-order chi connectivity index (χ0) is 14.5. The van der Waals surface area contributed by atoms with Crippen LogP contribution in [-0.4, -0.2) is 49.7 Å². The number of carbonyl (C=O) groups is 4. The van der Waals surface area contributed by atoms with Gasteiger partial charge in [-0.2, -0.15) is 0 Å². The average Bonchev–Trinajstić information content (AvgIpc) is 2.39. The largest absolute Gasteiger partial charge is 0.303 e. The molecule has 5 heteroatoms. The lowest BCUT2D eigenvalue weighted by Crippen LogP contribution is -2.34. The van der Waals surface area contributed by atoms with Crippen molar-refractivity contribution in [1.82, 2.24) is 4.90 Å². The molecule has 5 nitrogen and oxygen atoms in total. The summed E-state index contributed by atoms with van der Waals surface area (Å²) in [7, 11) is 0. The molecule has 0 aromatic carbocycles. The Balaban J connectivity index is 4.42. The van der Waals surface area contributed by atoms with Gasteiger partial charge in [-0.1, -0.05) is 6.92 Å². The van der Waals surface area contributed by atoms with E-state index in [-0.39, 0.29) is 11.8 Å². The van der Waals surface area contributed by atoms with Crippen molar-refractivity contribution in [2.45, 2.75) is 32.6 Å². The molecular weight excluding hydrogens is 246 g/mol. The molecule has 0 aliphatic rings. The van der Waals surface area contributed by atoms with Gasteiger partial charge < -0.3 is 24.1 Å². The van der Waals surface area contributed by atoms with Gasteiger partial charge >= 0.3 is 0 Å². The standard InChI is InChI=1S/C14H23NO4/c1-2-15(11-13(3-7-16)4-8-17)12-14(5-9-18)6-10-19/h7-10,13-14H,2-6,11-12H2,1H3. The molecular formula is C14H23NO4. The van der Waals surface area contributed by atoms with Gasteiger partial charge in [0, 0.05) is 38.8 Å². The molecule has 0 aromatic heterocycles. The Kier molecular flexibility index (Phi) is 10.9. The average molecular weight is 269 g/mol. The molecule has 19 heavy (non-hydrogen) atoms. The number of rotatable bonds is 13. The first-order valence-corrected chi connectivity index (χ1v) is 6.68. The Morgan fingerprint density at radius 3 is 1.26 bits per heavy atom. The van der Waals surface area contributed by atoms with Crippen LogP contribution in [0.2, 0.25) is 0 Å². The summed E-state index contributed by atoms with van der Waals surface area (Å²) < 4.78 is 0. The van der Waals surface area contributed by atoms with Crippen LogP contribution in [0, 0.1) is 11.8 Å². The molecule has 0 N–H and O–H groups in total. The Morgan fingerprint density at radius 2 is 1.05 bits per heavy atom. The minimum Gasteiger partial charge on any atom is -0.303 e. The van der Waals surface area contributed by atoms with Gasteiger partial charge in [0.15, 0.2) is 0 Å². The fraction of sp³-hybridized carbons (Fsp3) is 0.714. The third-order valence-electron chi connectivity index (χ3n) is 3.20. The van der Waals surface area contributed by atoms with Crippen LogP contribution in [0.5, 0.6) is 0 Å². The quantitative estimate of drug-likeness (QED) is 0.464. The smallest absolute Gasteiger partial charge is 0.120 e. The number of carbonyl (C=O) groups excluding carboxylic acids is 4. The van der Waals surface area contributed by atoms with E-state index < -0.39 is 0 Å². The summed E-state index contributed by atoms with van der Waals surface area (Å²) in [6, 6.07) is 0. The minimum atomic E-state index is 0.0167. The van der Waals surface area contributed by atoms with Gasteiger partial charge in [0.05, 0.1) is 0 Å². The van der Waals surface area contributed by atoms with E-state index in [0.717, 1.165) is 31.7 Å². The maximum Gasteiger partial charge on any atom is 0.120 e. The van der Waals surface area contributed by atoms with Crippen LogP contribution in [0.4, 0.5) is 0 Å². The van der Waals surface area contributed by atoms with Crippen molar-refractivity contribution < 1.29 is 19.2 Å². The van der Waals surface area contributed by atoms with Gasteiger partial charge in [0.2, 0.25) is 0 Å². The van der Waals surface area contributed by atoms with Gasteiger partial charge in [-0.25, -0.2) is 0 Å². The van der Waals surface area contributed by atoms with Crippen molar-refractivity contribution in [2.75, 3.05) is 19.6 Å². The molecule has 0 aromatic rings. The molecule has 0 saturated carbocycles. The maximum atomic E-state index is 10.6. The van der Waals surface area contributed by atoms with Crippen LogP contribution < -0.4 is 0 Å². The summed E-state index contributed by atoms with van der Waals surface area (Å²) in [6.07, 6.45) is 4.77. The summed E-state index contributed by atoms with van der Waals surface area (Å²) in [5.41, 5.74) is 0. The predicted octanol–water partition coefficient (Wildman–Crippen LogP) is 0.897. The highest BCUT2D eigenvalue weighted by Gasteiger charge is 2.17. The molecule has 0 saturated heterocycles. The van der Waals surface area contributed by atoms with Gasteiger partial charge in [-0.15, -0.1) is 0 Å². The van der Waals surface area contributed by atoms with E-state index in [1.54, 1.807) is 0 Å². The second-order valence-electron chi connectivity index (χ2n) is 4.69. The molecule has 0 rings (SSSR count). The van der Waals surface area contributed by atoms with Crippen molar-refractivity contribution in [3.8, 4) is 0 Å². The fourth-order valence-corrected chi connectivity index (χ4v) is 2.10. The topological polar surface area (TPSA) is 71.5 Å². The molecule has 0 unspecified atom stereocenters. The van der Waals surface area contributed by atoms with Crippen LogP contribution in [0.1, 0.15) is 32.6 Å². The lowest BCUT2D eigenvalue weighted by molar-refractivity contribution is -0.111. The van der Waals surface area contributed by atoms with Crippen molar-refractivity contribution in [3.63, 3.8) is 0 Å². The minimum absolute atomic E-state index is 0.0167. The monoisotopic (exact) mass is 269 g/mol. The summed E-state index contributed by atoms with van der Waals surface area (Å²) in [4.78, 5) is 44.3. The van der Waals surface area contributed by atoms with Gasteiger partial charge in [-0.3, -0.25) is 0 Å². The number of nitrogens with zero attached hydrogens (tertiary/aromatic N) is 1. The lowest BCUT2D eigenvalue weighted by Gasteiger charge is -2.27. The van der Waals surface area contributed by atoms with Crippen molar-refractivity contribution in [3.05, 3.63) is 0 Å². The second kappa shape index (κ2) is 11.7. The molecule has 0 aliphatic heterocycles. The zero-order valence-corrected chi connectivity index (χ0v) is 11.5. The SMILES string of the molecule is CCN(CC(CC=O)CC=O)CC(CC=O)CC=O. The Hall–Kier alpha value is -1.36. The first-order valence-electron chi connectivity index (χ1n) is 6.68. The summed E-state index contributed by atoms with van der Waals surface area (Å²) in [5, 5.41) is 0. The number of hydrogen-bond donors (Lipinski definition) is 0. The molecule has 0 atom stereocenters. The van der Waals surface area contributed by atoms with Crippen LogP contribution >= 0.6 is 0 Å². The third-order valence-corrected chi connectivity index (χ3v) is 3.20. The van der Waals surface area contributed by atoms with Gasteiger partial charge in [0.25, 0.3) is 0 Å². The van der Waals surface area contributed by atoms with Crippen LogP contribution in [0.3, 0.4) is 0 Å². The number of hydrogen-bond acceptors (Lipinski definition) is 5. The van der Waals surface area contributed by atoms with Crippen LogP contribution in [0.15, 0.2) is 0 Å². The van der Waals surface area contributed by atoms with E-state index in [9.17, 15) is 19.2 Å². The van der Waals surface area contributed by atoms with E-state index in [2.05, 4.69) is 4.90 Å². The highest BCUT2D eigenvalue weighted by Crippen LogP contribution is 2.13. The molecule has 0 spiro atoms. The first-order chi connectivity index (χ1) is 9.21. The predicted molar refractivity (Wildman–Crippen MR) is 71.8 cm³/mol. The molecule has 0 radical (unpaired) electrons. The normalized spacial score (nSPS) is 10.9. The van der Waals surface area contributed by atoms with E-state index in [1.165, 1.54) is 0 Å². The molecule has 0 heterocycles. The molecule has 0 aliphatic carbocycles. The van der Waals surface area contributed by atoms with Gasteiger partial charge in [0.1, 0.15) is 25.1 Å². The number of aldehydes is 4. The van der Waals surface area contributed by atoms with Gasteiger partial charge in [-0.05, 0) is 18.4 Å². The summed E-state index contributed by atoms with van der Waals surface area (Å²) in [6.45, 7) is 4.03. The molecule has 0 bridgehead atoms. The molecule has 108 valence electrons. The third kappa shape index (κ3) is 8.37. The zero-order valence-electron chi connectivity index (χ0n) is 11.5. The van der Waals surface area contributed by atoms with Crippen molar-refractivity contribution in [1.29, 1.82) is 0 Å². The van der Waals surface area contributed by atoms with E-state index in [1.807, 2.05) is 6.92 Å². The molecule has 0 amide bonds. The second-order valence-corrected chi connectivity index (χ2v) is 4.69. The lowest BCUT2D eigenvalue weighted by atomic mass is 9.99. The molecule has 0 fully saturated rings. The summed E-state index contributed by atoms with van der Waals surface area (Å²) in [5.74, 6) is 0.0334. The van der Waals surface area contributed by atoms with Crippen LogP contribution in [0.25, 0.3) is 0 Å². The Labute approximate surface area is 114 Å². The van der Waals surface area contributed by atoms with E-state index in [4.69, 9.17) is 0 Å². The van der Waals surface area contributed by atoms with Crippen molar-refractivity contribution in [2.24, 2.45) is 11.8 Å².